The summed E-state index contributed by atoms with van der Waals surface area (Å²) in [6.45, 7) is 0. The maximum atomic E-state index is 0. The van der Waals surface area contributed by atoms with Gasteiger partial charge in [0.05, 0.1) is 0 Å². The quantitative estimate of drug-likeness (QED) is 0.251. The van der Waals surface area contributed by atoms with Gasteiger partial charge in [-0.1, -0.05) is 0 Å². The Morgan fingerprint density at radius 3 is 1.17 bits per heavy atom. The minimum Gasteiger partial charge on any atom is -1.00 e. The van der Waals surface area contributed by atoms with E-state index in [1.807, 2.05) is 0 Å². The van der Waals surface area contributed by atoms with Crippen molar-refractivity contribution >= 4 is 39.7 Å². The van der Waals surface area contributed by atoms with Crippen molar-refractivity contribution < 1.29 is 118 Å². The third kappa shape index (κ3) is 23.1. The SMILES string of the molecule is Cl.[Cu].[Fe].[H-].[K+].[Pb].[U]. The summed E-state index contributed by atoms with van der Waals surface area (Å²) in [5.74, 6) is 0. The molecule has 0 N–H and O–H groups in total. The van der Waals surface area contributed by atoms with E-state index >= 15 is 0 Å². The fourth-order valence-corrected chi connectivity index (χ4v) is 0. The Kier molecular flexibility index (Phi) is 240. The second-order valence-electron chi connectivity index (χ2n) is 0. The van der Waals surface area contributed by atoms with Crippen molar-refractivity contribution in [2.45, 2.75) is 0 Å². The molecule has 6 heteroatoms. The van der Waals surface area contributed by atoms with Crippen LogP contribution in [-0.4, -0.2) is 27.3 Å². The van der Waals surface area contributed by atoms with E-state index in [1.165, 1.54) is 0 Å². The Labute approximate surface area is 153 Å². The van der Waals surface area contributed by atoms with Crippen LogP contribution < -0.4 is 51.4 Å². The molecular weight excluding hydrogens is 639 g/mol. The van der Waals surface area contributed by atoms with Gasteiger partial charge in [-0.25, -0.2) is 0 Å². The Morgan fingerprint density at radius 2 is 1.17 bits per heavy atom. The topological polar surface area (TPSA) is 0 Å². The maximum Gasteiger partial charge on any atom is 1.00 e. The molecule has 0 unspecified atom stereocenters. The fourth-order valence-electron chi connectivity index (χ4n) is 0. The van der Waals surface area contributed by atoms with Gasteiger partial charge in [0, 0.05) is 92.5 Å². The Balaban J connectivity index is 0. The van der Waals surface area contributed by atoms with Crippen LogP contribution in [-0.2, 0) is 34.1 Å². The molecule has 0 atom stereocenters. The van der Waals surface area contributed by atoms with E-state index in [9.17, 15) is 0 Å². The van der Waals surface area contributed by atoms with Gasteiger partial charge in [-0.3, -0.25) is 0 Å². The molecule has 0 aliphatic rings. The Morgan fingerprint density at radius 1 is 1.17 bits per heavy atom. The first kappa shape index (κ1) is 44.3. The number of hydrogen-bond acceptors (Lipinski definition) is 0. The normalized spacial score (nSPS) is 0. The van der Waals surface area contributed by atoms with Crippen LogP contribution in [0.25, 0.3) is 0 Å². The maximum absolute atomic E-state index is 0. The van der Waals surface area contributed by atoms with E-state index in [0.717, 1.165) is 0 Å². The van der Waals surface area contributed by atoms with E-state index < -0.39 is 0 Å². The molecule has 37 valence electrons. The number of halogens is 1. The van der Waals surface area contributed by atoms with Crippen molar-refractivity contribution in [1.29, 1.82) is 0 Å². The van der Waals surface area contributed by atoms with E-state index in [2.05, 4.69) is 0 Å². The van der Waals surface area contributed by atoms with E-state index in [0.29, 0.717) is 0 Å². The number of rotatable bonds is 0. The molecule has 0 aromatic carbocycles. The average molecular weight is 641 g/mol. The van der Waals surface area contributed by atoms with Crippen molar-refractivity contribution in [2.24, 2.45) is 0 Å². The fraction of sp³-hybridized carbons (Fsp3) is 0. The molecule has 0 bridgehead atoms. The van der Waals surface area contributed by atoms with Gasteiger partial charge in [-0.2, -0.15) is 0 Å². The van der Waals surface area contributed by atoms with Crippen molar-refractivity contribution in [3.8, 4) is 0 Å². The summed E-state index contributed by atoms with van der Waals surface area (Å²) in [7, 11) is 0. The summed E-state index contributed by atoms with van der Waals surface area (Å²) < 4.78 is 0. The molecule has 0 fully saturated rings. The van der Waals surface area contributed by atoms with Crippen LogP contribution in [0.2, 0.25) is 0 Å². The van der Waals surface area contributed by atoms with E-state index in [4.69, 9.17) is 0 Å². The zero-order chi connectivity index (χ0) is 0. The van der Waals surface area contributed by atoms with Crippen molar-refractivity contribution in [3.63, 3.8) is 0 Å². The second-order valence-corrected chi connectivity index (χ2v) is 0. The molecule has 6 heavy (non-hydrogen) atoms. The Hall–Kier alpha value is 4.94. The van der Waals surface area contributed by atoms with Gasteiger partial charge in [0.15, 0.2) is 0 Å². The van der Waals surface area contributed by atoms with Crippen LogP contribution in [0.3, 0.4) is 0 Å². The molecule has 0 spiro atoms. The molecule has 0 aliphatic carbocycles. The summed E-state index contributed by atoms with van der Waals surface area (Å²) in [6, 6.07) is 0. The van der Waals surface area contributed by atoms with Crippen molar-refractivity contribution in [3.05, 3.63) is 0 Å². The standard InChI is InChI=1S/ClH.Cu.Fe.K.Pb.U.H/h1H;;;;;;/q;;;+1;;;-1. The van der Waals surface area contributed by atoms with Crippen LogP contribution in [0.15, 0.2) is 0 Å². The molecule has 0 aliphatic heterocycles. The minimum absolute atomic E-state index is 0. The Bertz CT molecular complexity index is 19.7. The van der Waals surface area contributed by atoms with E-state index in [-0.39, 0.29) is 158 Å². The van der Waals surface area contributed by atoms with Crippen LogP contribution in [0.1, 0.15) is 1.43 Å². The summed E-state index contributed by atoms with van der Waals surface area (Å²) in [5, 5.41) is 0. The summed E-state index contributed by atoms with van der Waals surface area (Å²) in [4.78, 5) is 0. The molecule has 0 saturated heterocycles. The van der Waals surface area contributed by atoms with Gasteiger partial charge < -0.3 is 1.43 Å². The monoisotopic (exact) mass is 641 g/mol. The predicted octanol–water partition coefficient (Wildman–Crippen LogP) is -2.85. The molecule has 0 amide bonds. The van der Waals surface area contributed by atoms with Gasteiger partial charge >= 0.3 is 51.4 Å². The zero-order valence-electron chi connectivity index (χ0n) is 4.06. The molecule has 0 nitrogen and oxygen atoms in total. The molecule has 0 rings (SSSR count). The summed E-state index contributed by atoms with van der Waals surface area (Å²) in [5.41, 5.74) is 0. The van der Waals surface area contributed by atoms with E-state index in [1.54, 1.807) is 0 Å². The van der Waals surface area contributed by atoms with Crippen LogP contribution in [0, 0.1) is 31.1 Å². The molecule has 5 radical (unpaired) electrons. The molecular formula is H2ClCuFeKPbU. The van der Waals surface area contributed by atoms with Gasteiger partial charge in [-0.05, 0) is 0 Å². The number of hydrogen-bond donors (Lipinski definition) is 0. The first-order valence-electron chi connectivity index (χ1n) is 0. The smallest absolute Gasteiger partial charge is 1.00 e. The van der Waals surface area contributed by atoms with Gasteiger partial charge in [0.2, 0.25) is 0 Å². The zero-order valence-corrected chi connectivity index (χ0v) is 17.1. The van der Waals surface area contributed by atoms with Crippen molar-refractivity contribution in [1.82, 2.24) is 0 Å². The predicted molar refractivity (Wildman–Crippen MR) is 14.1 cm³/mol. The minimum atomic E-state index is 0. The third-order valence-corrected chi connectivity index (χ3v) is 0. The van der Waals surface area contributed by atoms with Crippen LogP contribution >= 0.6 is 12.4 Å². The third-order valence-electron chi connectivity index (χ3n) is 0. The molecule has 0 heterocycles. The van der Waals surface area contributed by atoms with Crippen LogP contribution in [0.4, 0.5) is 0 Å². The molecule has 0 saturated carbocycles. The van der Waals surface area contributed by atoms with Gasteiger partial charge in [0.1, 0.15) is 0 Å². The second kappa shape index (κ2) is 32.6. The molecule has 0 aromatic heterocycles. The van der Waals surface area contributed by atoms with Crippen molar-refractivity contribution in [2.75, 3.05) is 0 Å². The van der Waals surface area contributed by atoms with Gasteiger partial charge in [0.25, 0.3) is 0 Å². The average Bonchev–Trinajstić information content (AvgIpc) is 0. The first-order valence-corrected chi connectivity index (χ1v) is 0. The summed E-state index contributed by atoms with van der Waals surface area (Å²) >= 11 is 0. The molecule has 0 aromatic rings. The largest absolute Gasteiger partial charge is 1.00 e. The van der Waals surface area contributed by atoms with Crippen LogP contribution in [0.5, 0.6) is 0 Å². The van der Waals surface area contributed by atoms with Gasteiger partial charge in [-0.15, -0.1) is 12.4 Å². The first-order chi connectivity index (χ1) is 0. The summed E-state index contributed by atoms with van der Waals surface area (Å²) in [6.07, 6.45) is 0.